The van der Waals surface area contributed by atoms with Crippen molar-refractivity contribution in [2.24, 2.45) is 0 Å². The lowest BCUT2D eigenvalue weighted by Gasteiger charge is -2.22. The summed E-state index contributed by atoms with van der Waals surface area (Å²) in [6, 6.07) is 10.4. The minimum atomic E-state index is -0.291. The van der Waals surface area contributed by atoms with Gasteiger partial charge in [-0.2, -0.15) is 0 Å². The van der Waals surface area contributed by atoms with Gasteiger partial charge in [0.15, 0.2) is 0 Å². The van der Waals surface area contributed by atoms with Gasteiger partial charge >= 0.3 is 0 Å². The molecule has 21 heavy (non-hydrogen) atoms. The largest absolute Gasteiger partial charge is 0.496 e. The zero-order valence-corrected chi connectivity index (χ0v) is 13.7. The number of halogens is 2. The summed E-state index contributed by atoms with van der Waals surface area (Å²) in [7, 11) is 5.07. The van der Waals surface area contributed by atoms with Crippen molar-refractivity contribution in [3.05, 3.63) is 57.8 Å². The normalized spacial score (nSPS) is 12.0. The fraction of sp³-hybridized carbons (Fsp3) is 0.250. The molecule has 1 unspecified atom stereocenters. The molecule has 0 heterocycles. The van der Waals surface area contributed by atoms with Gasteiger partial charge in [-0.25, -0.2) is 4.39 Å². The van der Waals surface area contributed by atoms with Gasteiger partial charge in [0, 0.05) is 0 Å². The fourth-order valence-electron chi connectivity index (χ4n) is 2.33. The molecule has 0 aliphatic carbocycles. The number of benzene rings is 2. The van der Waals surface area contributed by atoms with Crippen LogP contribution in [0.2, 0.25) is 0 Å². The summed E-state index contributed by atoms with van der Waals surface area (Å²) >= 11 is 3.22. The van der Waals surface area contributed by atoms with Gasteiger partial charge in [-0.1, -0.05) is 12.1 Å². The van der Waals surface area contributed by atoms with E-state index in [0.29, 0.717) is 16.0 Å². The van der Waals surface area contributed by atoms with Crippen LogP contribution in [0.3, 0.4) is 0 Å². The molecule has 2 aromatic carbocycles. The predicted octanol–water partition coefficient (Wildman–Crippen LogP) is 3.91. The van der Waals surface area contributed by atoms with Gasteiger partial charge in [0.05, 0.1) is 30.3 Å². The maximum atomic E-state index is 13.4. The van der Waals surface area contributed by atoms with Gasteiger partial charge in [0.2, 0.25) is 0 Å². The smallest absolute Gasteiger partial charge is 0.137 e. The van der Waals surface area contributed by atoms with Gasteiger partial charge in [0.25, 0.3) is 0 Å². The third-order valence-electron chi connectivity index (χ3n) is 3.32. The Balaban J connectivity index is 2.57. The maximum absolute atomic E-state index is 13.4. The van der Waals surface area contributed by atoms with Gasteiger partial charge in [0.1, 0.15) is 17.3 Å². The van der Waals surface area contributed by atoms with Gasteiger partial charge in [-0.15, -0.1) is 0 Å². The summed E-state index contributed by atoms with van der Waals surface area (Å²) in [4.78, 5) is 0. The molecule has 0 fully saturated rings. The second-order valence-corrected chi connectivity index (χ2v) is 5.33. The van der Waals surface area contributed by atoms with Crippen LogP contribution in [0.4, 0.5) is 4.39 Å². The Bertz CT molecular complexity index is 611. The maximum Gasteiger partial charge on any atom is 0.137 e. The lowest BCUT2D eigenvalue weighted by molar-refractivity contribution is 0.378. The molecule has 3 nitrogen and oxygen atoms in total. The van der Waals surface area contributed by atoms with E-state index in [1.54, 1.807) is 26.4 Å². The third kappa shape index (κ3) is 3.19. The van der Waals surface area contributed by atoms with Crippen molar-refractivity contribution in [1.82, 2.24) is 5.32 Å². The molecular formula is C16H17BrFNO2. The van der Waals surface area contributed by atoms with Crippen LogP contribution in [0.1, 0.15) is 17.2 Å². The van der Waals surface area contributed by atoms with Crippen LogP contribution in [-0.4, -0.2) is 21.3 Å². The summed E-state index contributed by atoms with van der Waals surface area (Å²) in [6.45, 7) is 0. The zero-order valence-electron chi connectivity index (χ0n) is 12.1. The highest BCUT2D eigenvalue weighted by molar-refractivity contribution is 9.10. The highest BCUT2D eigenvalue weighted by Crippen LogP contribution is 2.37. The minimum Gasteiger partial charge on any atom is -0.496 e. The summed E-state index contributed by atoms with van der Waals surface area (Å²) in [5.74, 6) is 1.14. The van der Waals surface area contributed by atoms with E-state index in [0.717, 1.165) is 11.1 Å². The van der Waals surface area contributed by atoms with E-state index >= 15 is 0 Å². The van der Waals surface area contributed by atoms with Crippen molar-refractivity contribution >= 4 is 15.9 Å². The molecule has 0 aliphatic heterocycles. The average Bonchev–Trinajstić information content (AvgIpc) is 2.51. The van der Waals surface area contributed by atoms with Crippen LogP contribution >= 0.6 is 15.9 Å². The Morgan fingerprint density at radius 2 is 1.71 bits per heavy atom. The quantitative estimate of drug-likeness (QED) is 0.883. The topological polar surface area (TPSA) is 30.5 Å². The number of rotatable bonds is 5. The van der Waals surface area contributed by atoms with E-state index in [-0.39, 0.29) is 11.9 Å². The lowest BCUT2D eigenvalue weighted by Crippen LogP contribution is -2.19. The molecule has 1 N–H and O–H groups in total. The van der Waals surface area contributed by atoms with Crippen molar-refractivity contribution in [1.29, 1.82) is 0 Å². The van der Waals surface area contributed by atoms with Gasteiger partial charge < -0.3 is 14.8 Å². The molecule has 2 rings (SSSR count). The van der Waals surface area contributed by atoms with Crippen LogP contribution < -0.4 is 14.8 Å². The summed E-state index contributed by atoms with van der Waals surface area (Å²) in [5.41, 5.74) is 1.79. The molecule has 0 saturated heterocycles. The lowest BCUT2D eigenvalue weighted by atomic mass is 9.97. The van der Waals surface area contributed by atoms with Crippen LogP contribution in [0.5, 0.6) is 11.5 Å². The molecule has 0 radical (unpaired) electrons. The van der Waals surface area contributed by atoms with Crippen molar-refractivity contribution in [3.63, 3.8) is 0 Å². The molecular weight excluding hydrogens is 337 g/mol. The van der Waals surface area contributed by atoms with Crippen molar-refractivity contribution in [2.45, 2.75) is 6.04 Å². The molecule has 2 aromatic rings. The zero-order chi connectivity index (χ0) is 15.4. The number of ether oxygens (including phenoxy) is 2. The number of nitrogens with one attached hydrogen (secondary N) is 1. The first-order valence-corrected chi connectivity index (χ1v) is 7.24. The first-order chi connectivity index (χ1) is 10.1. The first-order valence-electron chi connectivity index (χ1n) is 6.45. The van der Waals surface area contributed by atoms with E-state index in [1.807, 2.05) is 25.2 Å². The molecule has 0 amide bonds. The number of methoxy groups -OCH3 is 2. The Labute approximate surface area is 132 Å². The van der Waals surface area contributed by atoms with Crippen molar-refractivity contribution in [3.8, 4) is 11.5 Å². The SMILES string of the molecule is CNC(c1ccc(F)c(Br)c1)c1c(OC)cccc1OC. The van der Waals surface area contributed by atoms with Crippen molar-refractivity contribution in [2.75, 3.05) is 21.3 Å². The minimum absolute atomic E-state index is 0.173. The van der Waals surface area contributed by atoms with Crippen LogP contribution in [0, 0.1) is 5.82 Å². The van der Waals surface area contributed by atoms with Crippen LogP contribution in [0.15, 0.2) is 40.9 Å². The highest BCUT2D eigenvalue weighted by atomic mass is 79.9. The van der Waals surface area contributed by atoms with Crippen LogP contribution in [0.25, 0.3) is 0 Å². The van der Waals surface area contributed by atoms with Gasteiger partial charge in [-0.3, -0.25) is 0 Å². The molecule has 0 aliphatic rings. The molecule has 112 valence electrons. The molecule has 1 atom stereocenters. The second kappa shape index (κ2) is 6.91. The standard InChI is InChI=1S/C16H17BrFNO2/c1-19-16(10-7-8-12(18)11(17)9-10)15-13(20-2)5-4-6-14(15)21-3/h4-9,16,19H,1-3H3. The van der Waals surface area contributed by atoms with E-state index in [2.05, 4.69) is 21.2 Å². The molecule has 0 aromatic heterocycles. The molecule has 0 saturated carbocycles. The average molecular weight is 354 g/mol. The predicted molar refractivity (Wildman–Crippen MR) is 84.5 cm³/mol. The molecule has 5 heteroatoms. The van der Waals surface area contributed by atoms with Crippen molar-refractivity contribution < 1.29 is 13.9 Å². The van der Waals surface area contributed by atoms with E-state index in [9.17, 15) is 4.39 Å². The Morgan fingerprint density at radius 3 is 2.19 bits per heavy atom. The summed E-state index contributed by atoms with van der Waals surface area (Å²) in [6.07, 6.45) is 0. The van der Waals surface area contributed by atoms with Crippen LogP contribution in [-0.2, 0) is 0 Å². The van der Waals surface area contributed by atoms with E-state index in [4.69, 9.17) is 9.47 Å². The molecule has 0 spiro atoms. The Morgan fingerprint density at radius 1 is 1.10 bits per heavy atom. The Kier molecular flexibility index (Phi) is 5.20. The monoisotopic (exact) mass is 353 g/mol. The number of hydrogen-bond acceptors (Lipinski definition) is 3. The number of hydrogen-bond donors (Lipinski definition) is 1. The first kappa shape index (κ1) is 15.8. The highest BCUT2D eigenvalue weighted by Gasteiger charge is 2.21. The fourth-order valence-corrected chi connectivity index (χ4v) is 2.73. The summed E-state index contributed by atoms with van der Waals surface area (Å²) in [5, 5.41) is 3.23. The van der Waals surface area contributed by atoms with Gasteiger partial charge in [-0.05, 0) is 52.8 Å². The Hall–Kier alpha value is -1.59. The molecule has 0 bridgehead atoms. The van der Waals surface area contributed by atoms with E-state index < -0.39 is 0 Å². The van der Waals surface area contributed by atoms with E-state index in [1.165, 1.54) is 6.07 Å². The second-order valence-electron chi connectivity index (χ2n) is 4.47. The third-order valence-corrected chi connectivity index (χ3v) is 3.93. The summed E-state index contributed by atoms with van der Waals surface area (Å²) < 4.78 is 24.7.